The molecule has 24 heavy (non-hydrogen) atoms. The number of pyridine rings is 1. The highest BCUT2D eigenvalue weighted by Gasteiger charge is 2.21. The van der Waals surface area contributed by atoms with Crippen LogP contribution in [0.1, 0.15) is 12.0 Å². The molecule has 0 unspecified atom stereocenters. The van der Waals surface area contributed by atoms with Crippen LogP contribution in [0.5, 0.6) is 0 Å². The van der Waals surface area contributed by atoms with Crippen molar-refractivity contribution in [1.82, 2.24) is 4.90 Å². The predicted molar refractivity (Wildman–Crippen MR) is 91.2 cm³/mol. The van der Waals surface area contributed by atoms with Gasteiger partial charge in [0.05, 0.1) is 6.42 Å². The summed E-state index contributed by atoms with van der Waals surface area (Å²) in [5.41, 5.74) is 2.49. The highest BCUT2D eigenvalue weighted by molar-refractivity contribution is 5.76. The highest BCUT2D eigenvalue weighted by Crippen LogP contribution is 2.15. The third kappa shape index (κ3) is 4.81. The third-order valence-electron chi connectivity index (χ3n) is 4.40. The van der Waals surface area contributed by atoms with E-state index in [4.69, 9.17) is 0 Å². The van der Waals surface area contributed by atoms with Crippen molar-refractivity contribution in [3.05, 3.63) is 60.4 Å². The number of rotatable bonds is 4. The van der Waals surface area contributed by atoms with Crippen molar-refractivity contribution in [2.45, 2.75) is 19.9 Å². The third-order valence-corrected chi connectivity index (χ3v) is 4.40. The van der Waals surface area contributed by atoms with Crippen LogP contribution in [-0.4, -0.2) is 37.0 Å². The molecule has 1 saturated heterocycles. The van der Waals surface area contributed by atoms with Gasteiger partial charge in [0.2, 0.25) is 5.91 Å². The fraction of sp³-hybridized carbons (Fsp3) is 0.368. The van der Waals surface area contributed by atoms with E-state index >= 15 is 0 Å². The van der Waals surface area contributed by atoms with E-state index in [1.807, 2.05) is 23.4 Å². The van der Waals surface area contributed by atoms with E-state index in [2.05, 4.69) is 52.8 Å². The number of piperazine rings is 1. The minimum atomic E-state index is 0. The summed E-state index contributed by atoms with van der Waals surface area (Å²) in [4.78, 5) is 16.7. The van der Waals surface area contributed by atoms with E-state index in [0.29, 0.717) is 6.42 Å². The molecule has 1 aliphatic heterocycles. The molecular formula is C19H24BrN3O. The van der Waals surface area contributed by atoms with Crippen molar-refractivity contribution in [3.8, 4) is 0 Å². The summed E-state index contributed by atoms with van der Waals surface area (Å²) in [7, 11) is 0. The Kier molecular flexibility index (Phi) is 6.79. The molecule has 1 aliphatic rings. The van der Waals surface area contributed by atoms with Crippen molar-refractivity contribution < 1.29 is 26.3 Å². The number of benzene rings is 1. The van der Waals surface area contributed by atoms with Gasteiger partial charge in [-0.15, -0.1) is 0 Å². The van der Waals surface area contributed by atoms with Crippen molar-refractivity contribution >= 4 is 11.6 Å². The summed E-state index contributed by atoms with van der Waals surface area (Å²) in [6, 6.07) is 14.6. The smallest absolute Gasteiger partial charge is 0.229 e. The Morgan fingerprint density at radius 2 is 1.62 bits per heavy atom. The molecule has 128 valence electrons. The first kappa shape index (κ1) is 18.5. The van der Waals surface area contributed by atoms with E-state index in [0.717, 1.165) is 32.7 Å². The first-order valence-corrected chi connectivity index (χ1v) is 8.26. The van der Waals surface area contributed by atoms with Crippen LogP contribution in [-0.2, 0) is 11.3 Å². The molecule has 2 aromatic rings. The Morgan fingerprint density at radius 1 is 1.00 bits per heavy atom. The average molecular weight is 390 g/mol. The fourth-order valence-electron chi connectivity index (χ4n) is 2.92. The van der Waals surface area contributed by atoms with Crippen LogP contribution in [0.15, 0.2) is 54.9 Å². The molecule has 1 aromatic carbocycles. The molecule has 3 rings (SSSR count). The molecule has 0 radical (unpaired) electrons. The molecule has 1 amide bonds. The van der Waals surface area contributed by atoms with Crippen molar-refractivity contribution in [1.29, 1.82) is 0 Å². The number of hydrogen-bond donors (Lipinski definition) is 0. The summed E-state index contributed by atoms with van der Waals surface area (Å²) in [5.74, 6) is 0.255. The van der Waals surface area contributed by atoms with Gasteiger partial charge in [-0.1, -0.05) is 18.2 Å². The molecule has 4 nitrogen and oxygen atoms in total. The molecule has 1 fully saturated rings. The van der Waals surface area contributed by atoms with E-state index in [9.17, 15) is 4.79 Å². The summed E-state index contributed by atoms with van der Waals surface area (Å²) in [5, 5.41) is 0. The van der Waals surface area contributed by atoms with Gasteiger partial charge < -0.3 is 26.8 Å². The van der Waals surface area contributed by atoms with Gasteiger partial charge in [-0.05, 0) is 24.6 Å². The first-order valence-electron chi connectivity index (χ1n) is 8.26. The topological polar surface area (TPSA) is 27.4 Å². The van der Waals surface area contributed by atoms with Gasteiger partial charge in [-0.3, -0.25) is 4.79 Å². The summed E-state index contributed by atoms with van der Waals surface area (Å²) in [6.07, 6.45) is 4.64. The van der Waals surface area contributed by atoms with E-state index in [-0.39, 0.29) is 22.9 Å². The lowest BCUT2D eigenvalue weighted by atomic mass is 10.2. The second-order valence-corrected chi connectivity index (χ2v) is 6.07. The summed E-state index contributed by atoms with van der Waals surface area (Å²) < 4.78 is 2.07. The highest BCUT2D eigenvalue weighted by atomic mass is 79.9. The number of carbonyl (C=O) groups excluding carboxylic acids is 1. The zero-order valence-corrected chi connectivity index (χ0v) is 15.7. The fourth-order valence-corrected chi connectivity index (χ4v) is 2.92. The second-order valence-electron chi connectivity index (χ2n) is 6.07. The SMILES string of the molecule is Cc1cc[n+](CCC(=O)N2CCN(c3ccccc3)CC2)cc1.[Br-]. The largest absolute Gasteiger partial charge is 1.00 e. The number of aryl methyl sites for hydroxylation is 2. The number of nitrogens with zero attached hydrogens (tertiary/aromatic N) is 3. The number of aromatic nitrogens is 1. The standard InChI is InChI=1S/C19H24N3O.BrH/c1-17-7-10-20(11-8-17)12-9-19(23)22-15-13-21(14-16-22)18-5-3-2-4-6-18;/h2-8,10-11H,9,12-16H2,1H3;1H/q+1;/p-1. The van der Waals surface area contributed by atoms with Gasteiger partial charge in [0.15, 0.2) is 18.9 Å². The lowest BCUT2D eigenvalue weighted by Crippen LogP contribution is -3.00. The maximum absolute atomic E-state index is 12.4. The molecule has 0 bridgehead atoms. The Morgan fingerprint density at radius 3 is 2.25 bits per heavy atom. The quantitative estimate of drug-likeness (QED) is 0.629. The lowest BCUT2D eigenvalue weighted by molar-refractivity contribution is -0.696. The normalized spacial score (nSPS) is 14.2. The second kappa shape index (κ2) is 8.83. The van der Waals surface area contributed by atoms with Crippen LogP contribution in [0.25, 0.3) is 0 Å². The van der Waals surface area contributed by atoms with Gasteiger partial charge in [0.1, 0.15) is 0 Å². The van der Waals surface area contributed by atoms with Crippen molar-refractivity contribution in [3.63, 3.8) is 0 Å². The summed E-state index contributed by atoms with van der Waals surface area (Å²) in [6.45, 7) is 6.26. The maximum atomic E-state index is 12.4. The van der Waals surface area contributed by atoms with Crippen LogP contribution in [0.4, 0.5) is 5.69 Å². The zero-order chi connectivity index (χ0) is 16.1. The molecule has 5 heteroatoms. The van der Waals surface area contributed by atoms with E-state index in [1.54, 1.807) is 0 Å². The number of anilines is 1. The number of carbonyl (C=O) groups is 1. The Balaban J connectivity index is 0.00000208. The van der Waals surface area contributed by atoms with E-state index < -0.39 is 0 Å². The molecular weight excluding hydrogens is 366 g/mol. The summed E-state index contributed by atoms with van der Waals surface area (Å²) >= 11 is 0. The van der Waals surface area contributed by atoms with Crippen LogP contribution < -0.4 is 26.4 Å². The van der Waals surface area contributed by atoms with Gasteiger partial charge in [-0.2, -0.15) is 0 Å². The lowest BCUT2D eigenvalue weighted by Gasteiger charge is -2.36. The van der Waals surface area contributed by atoms with Crippen LogP contribution in [0.3, 0.4) is 0 Å². The molecule has 0 spiro atoms. The Hall–Kier alpha value is -1.88. The zero-order valence-electron chi connectivity index (χ0n) is 14.1. The first-order chi connectivity index (χ1) is 11.2. The minimum absolute atomic E-state index is 0. The van der Waals surface area contributed by atoms with Crippen molar-refractivity contribution in [2.24, 2.45) is 0 Å². The number of halogens is 1. The van der Waals surface area contributed by atoms with Gasteiger partial charge in [-0.25, -0.2) is 4.57 Å². The Labute approximate surface area is 154 Å². The molecule has 0 saturated carbocycles. The molecule has 0 atom stereocenters. The van der Waals surface area contributed by atoms with Crippen LogP contribution in [0.2, 0.25) is 0 Å². The number of amides is 1. The predicted octanol–water partition coefficient (Wildman–Crippen LogP) is -0.975. The maximum Gasteiger partial charge on any atom is 0.229 e. The van der Waals surface area contributed by atoms with Crippen LogP contribution in [0, 0.1) is 6.92 Å². The molecule has 2 heterocycles. The van der Waals surface area contributed by atoms with Gasteiger partial charge in [0, 0.05) is 44.0 Å². The van der Waals surface area contributed by atoms with Gasteiger partial charge in [0.25, 0.3) is 0 Å². The van der Waals surface area contributed by atoms with Crippen LogP contribution >= 0.6 is 0 Å². The van der Waals surface area contributed by atoms with Gasteiger partial charge >= 0.3 is 0 Å². The number of hydrogen-bond acceptors (Lipinski definition) is 2. The molecule has 0 N–H and O–H groups in total. The molecule has 0 aliphatic carbocycles. The molecule has 1 aromatic heterocycles. The minimum Gasteiger partial charge on any atom is -1.00 e. The van der Waals surface area contributed by atoms with Crippen molar-refractivity contribution in [2.75, 3.05) is 31.1 Å². The number of para-hydroxylation sites is 1. The van der Waals surface area contributed by atoms with E-state index in [1.165, 1.54) is 11.3 Å². The average Bonchev–Trinajstić information content (AvgIpc) is 2.62. The Bertz CT molecular complexity index is 637. The monoisotopic (exact) mass is 389 g/mol.